The molecule has 3 fully saturated rings. The minimum Gasteiger partial charge on any atom is -0.299 e. The van der Waals surface area contributed by atoms with Gasteiger partial charge in [0.05, 0.1) is 0 Å². The summed E-state index contributed by atoms with van der Waals surface area (Å²) in [6.45, 7) is 11.3. The lowest BCUT2D eigenvalue weighted by Crippen LogP contribution is -2.53. The minimum atomic E-state index is -0.164. The van der Waals surface area contributed by atoms with Crippen LogP contribution in [0.25, 0.3) is 0 Å². The number of Topliss-reactive ketones (excluding diaryl/α,β-unsaturated/α-hetero) is 1. The number of carbonyl (C=O) groups is 2. The number of fused-ring (bicyclic) bond motifs is 5. The second-order valence-corrected chi connectivity index (χ2v) is 10.3. The lowest BCUT2D eigenvalue weighted by Gasteiger charge is -2.59. The summed E-state index contributed by atoms with van der Waals surface area (Å²) in [6.07, 6.45) is 9.70. The molecule has 2 nitrogen and oxygen atoms in total. The first-order valence-electron chi connectivity index (χ1n) is 10.4. The van der Waals surface area contributed by atoms with Crippen molar-refractivity contribution >= 4 is 11.6 Å². The molecule has 0 saturated heterocycles. The van der Waals surface area contributed by atoms with Gasteiger partial charge in [-0.3, -0.25) is 9.59 Å². The average Bonchev–Trinajstić information content (AvgIpc) is 2.77. The summed E-state index contributed by atoms with van der Waals surface area (Å²) in [4.78, 5) is 24.6. The summed E-state index contributed by atoms with van der Waals surface area (Å²) >= 11 is 0. The van der Waals surface area contributed by atoms with Gasteiger partial charge in [0.1, 0.15) is 5.78 Å². The van der Waals surface area contributed by atoms with Crippen LogP contribution < -0.4 is 0 Å². The van der Waals surface area contributed by atoms with E-state index in [9.17, 15) is 9.59 Å². The van der Waals surface area contributed by atoms with Crippen LogP contribution in [0.1, 0.15) is 79.6 Å². The SMILES string of the molecule is CC(=O)[C@]1(C)[C@@H](C)C[C@@H]2[C@H]3CCC4=CC(=O)CC[C@]4(C)[C@@H]3CC[C@]21C. The Morgan fingerprint density at radius 2 is 1.80 bits per heavy atom. The molecular formula is C23H34O2. The first-order chi connectivity index (χ1) is 11.6. The second kappa shape index (κ2) is 5.30. The molecule has 0 spiro atoms. The molecule has 0 unspecified atom stereocenters. The summed E-state index contributed by atoms with van der Waals surface area (Å²) in [5, 5.41) is 0. The van der Waals surface area contributed by atoms with Gasteiger partial charge in [0.2, 0.25) is 0 Å². The molecule has 0 aromatic rings. The highest BCUT2D eigenvalue weighted by Gasteiger charge is 2.66. The van der Waals surface area contributed by atoms with Gasteiger partial charge in [-0.2, -0.15) is 0 Å². The first-order valence-corrected chi connectivity index (χ1v) is 10.4. The van der Waals surface area contributed by atoms with E-state index >= 15 is 0 Å². The van der Waals surface area contributed by atoms with Crippen molar-refractivity contribution in [3.05, 3.63) is 11.6 Å². The van der Waals surface area contributed by atoms with Crippen molar-refractivity contribution in [1.82, 2.24) is 0 Å². The Labute approximate surface area is 152 Å². The maximum absolute atomic E-state index is 12.7. The Balaban J connectivity index is 1.72. The van der Waals surface area contributed by atoms with Gasteiger partial charge in [0, 0.05) is 11.8 Å². The van der Waals surface area contributed by atoms with E-state index in [-0.39, 0.29) is 16.2 Å². The van der Waals surface area contributed by atoms with Crippen molar-refractivity contribution in [3.63, 3.8) is 0 Å². The third-order valence-electron chi connectivity index (χ3n) is 9.86. The van der Waals surface area contributed by atoms with Crippen molar-refractivity contribution < 1.29 is 9.59 Å². The van der Waals surface area contributed by atoms with Gasteiger partial charge in [-0.1, -0.05) is 33.3 Å². The van der Waals surface area contributed by atoms with Gasteiger partial charge in [0.25, 0.3) is 0 Å². The fourth-order valence-electron chi connectivity index (χ4n) is 7.89. The molecule has 138 valence electrons. The number of ketones is 2. The highest BCUT2D eigenvalue weighted by atomic mass is 16.1. The molecule has 0 bridgehead atoms. The smallest absolute Gasteiger partial charge is 0.155 e. The maximum Gasteiger partial charge on any atom is 0.155 e. The Kier molecular flexibility index (Phi) is 3.71. The third-order valence-corrected chi connectivity index (χ3v) is 9.86. The van der Waals surface area contributed by atoms with E-state index in [0.717, 1.165) is 25.2 Å². The van der Waals surface area contributed by atoms with Crippen LogP contribution in [0, 0.1) is 39.9 Å². The minimum absolute atomic E-state index is 0.154. The van der Waals surface area contributed by atoms with E-state index in [0.29, 0.717) is 29.3 Å². The highest BCUT2D eigenvalue weighted by molar-refractivity contribution is 5.91. The predicted octanol–water partition coefficient (Wildman–Crippen LogP) is 5.36. The summed E-state index contributed by atoms with van der Waals surface area (Å²) in [6, 6.07) is 0. The second-order valence-electron chi connectivity index (χ2n) is 10.3. The van der Waals surface area contributed by atoms with E-state index in [1.54, 1.807) is 0 Å². The fraction of sp³-hybridized carbons (Fsp3) is 0.826. The number of allylic oxidation sites excluding steroid dienone is 1. The highest BCUT2D eigenvalue weighted by Crippen LogP contribution is 2.71. The monoisotopic (exact) mass is 342 g/mol. The van der Waals surface area contributed by atoms with Crippen LogP contribution in [0.5, 0.6) is 0 Å². The standard InChI is InChI=1S/C23H34O2/c1-14-12-20-18-7-6-16-13-17(25)8-10-21(16,3)19(18)9-11-22(20,4)23(14,5)15(2)24/h13-14,18-20H,6-12H2,1-5H3/t14-,18-,19+,20+,21-,22+,23-/m0/s1. The molecule has 0 N–H and O–H groups in total. The molecule has 4 aliphatic carbocycles. The third kappa shape index (κ3) is 2.03. The van der Waals surface area contributed by atoms with E-state index < -0.39 is 0 Å². The van der Waals surface area contributed by atoms with Gasteiger partial charge < -0.3 is 0 Å². The van der Waals surface area contributed by atoms with Gasteiger partial charge in [0.15, 0.2) is 5.78 Å². The Hall–Kier alpha value is -0.920. The Morgan fingerprint density at radius 1 is 1.08 bits per heavy atom. The van der Waals surface area contributed by atoms with E-state index in [1.165, 1.54) is 31.3 Å². The van der Waals surface area contributed by atoms with Crippen LogP contribution in [-0.4, -0.2) is 11.6 Å². The molecule has 25 heavy (non-hydrogen) atoms. The largest absolute Gasteiger partial charge is 0.299 e. The lowest BCUT2D eigenvalue weighted by molar-refractivity contribution is -0.141. The first kappa shape index (κ1) is 17.5. The number of carbonyl (C=O) groups excluding carboxylic acids is 2. The maximum atomic E-state index is 12.7. The van der Waals surface area contributed by atoms with Crippen molar-refractivity contribution in [2.45, 2.75) is 79.6 Å². The van der Waals surface area contributed by atoms with Crippen LogP contribution in [0.15, 0.2) is 11.6 Å². The molecule has 0 aromatic carbocycles. The Morgan fingerprint density at radius 3 is 2.48 bits per heavy atom. The number of hydrogen-bond acceptors (Lipinski definition) is 2. The van der Waals surface area contributed by atoms with Gasteiger partial charge in [-0.15, -0.1) is 0 Å². The Bertz CT molecular complexity index is 661. The summed E-state index contributed by atoms with van der Waals surface area (Å²) in [5.41, 5.74) is 1.66. The quantitative estimate of drug-likeness (QED) is 0.643. The fourth-order valence-corrected chi connectivity index (χ4v) is 7.89. The van der Waals surface area contributed by atoms with E-state index in [4.69, 9.17) is 0 Å². The molecule has 7 atom stereocenters. The zero-order valence-electron chi connectivity index (χ0n) is 16.7. The molecule has 0 radical (unpaired) electrons. The van der Waals surface area contributed by atoms with E-state index in [1.807, 2.05) is 13.0 Å². The molecule has 4 aliphatic rings. The molecular weight excluding hydrogens is 308 g/mol. The van der Waals surface area contributed by atoms with E-state index in [2.05, 4.69) is 27.7 Å². The van der Waals surface area contributed by atoms with Crippen molar-refractivity contribution in [2.75, 3.05) is 0 Å². The van der Waals surface area contributed by atoms with Crippen molar-refractivity contribution in [3.8, 4) is 0 Å². The van der Waals surface area contributed by atoms with Crippen molar-refractivity contribution in [1.29, 1.82) is 0 Å². The lowest BCUT2D eigenvalue weighted by atomic mass is 9.45. The summed E-state index contributed by atoms with van der Waals surface area (Å²) in [7, 11) is 0. The molecule has 4 rings (SSSR count). The van der Waals surface area contributed by atoms with Crippen LogP contribution in [0.3, 0.4) is 0 Å². The van der Waals surface area contributed by atoms with Crippen LogP contribution >= 0.6 is 0 Å². The molecule has 0 aromatic heterocycles. The van der Waals surface area contributed by atoms with Crippen molar-refractivity contribution in [2.24, 2.45) is 39.9 Å². The topological polar surface area (TPSA) is 34.1 Å². The van der Waals surface area contributed by atoms with Crippen LogP contribution in [-0.2, 0) is 9.59 Å². The van der Waals surface area contributed by atoms with Gasteiger partial charge in [-0.05, 0) is 86.0 Å². The zero-order chi connectivity index (χ0) is 18.2. The summed E-state index contributed by atoms with van der Waals surface area (Å²) in [5.74, 6) is 3.33. The van der Waals surface area contributed by atoms with Crippen LogP contribution in [0.2, 0.25) is 0 Å². The summed E-state index contributed by atoms with van der Waals surface area (Å²) < 4.78 is 0. The van der Waals surface area contributed by atoms with Gasteiger partial charge >= 0.3 is 0 Å². The predicted molar refractivity (Wildman–Crippen MR) is 100 cm³/mol. The molecule has 3 saturated carbocycles. The average molecular weight is 343 g/mol. The van der Waals surface area contributed by atoms with Crippen LogP contribution in [0.4, 0.5) is 0 Å². The normalized spacial score (nSPS) is 52.0. The number of hydrogen-bond donors (Lipinski definition) is 0. The van der Waals surface area contributed by atoms with Gasteiger partial charge in [-0.25, -0.2) is 0 Å². The number of rotatable bonds is 1. The molecule has 0 heterocycles. The molecule has 2 heteroatoms. The zero-order valence-corrected chi connectivity index (χ0v) is 16.7. The molecule has 0 aliphatic heterocycles. The molecule has 0 amide bonds.